The van der Waals surface area contributed by atoms with E-state index in [0.29, 0.717) is 6.07 Å². The Kier molecular flexibility index (Phi) is 3.98. The van der Waals surface area contributed by atoms with Gasteiger partial charge in [0.25, 0.3) is 0 Å². The van der Waals surface area contributed by atoms with Gasteiger partial charge in [-0.25, -0.2) is 4.98 Å². The number of halogens is 7. The Bertz CT molecular complexity index is 387. The quantitative estimate of drug-likeness (QED) is 0.315. The zero-order valence-electron chi connectivity index (χ0n) is 7.16. The summed E-state index contributed by atoms with van der Waals surface area (Å²) in [6.07, 6.45) is -4.75. The molecule has 0 saturated heterocycles. The zero-order chi connectivity index (χ0) is 12.6. The van der Waals surface area contributed by atoms with Crippen LogP contribution in [0, 0.1) is 3.70 Å². The van der Waals surface area contributed by atoms with Crippen molar-refractivity contribution in [3.05, 3.63) is 21.5 Å². The first-order valence-corrected chi connectivity index (χ1v) is 5.48. The molecule has 9 heteroatoms. The Labute approximate surface area is 104 Å². The van der Waals surface area contributed by atoms with Crippen molar-refractivity contribution in [2.75, 3.05) is 0 Å². The molecule has 0 amide bonds. The van der Waals surface area contributed by atoms with E-state index in [-0.39, 0.29) is 3.70 Å². The van der Waals surface area contributed by atoms with E-state index < -0.39 is 34.0 Å². The Balaban J connectivity index is 3.09. The minimum atomic E-state index is -4.75. The molecule has 0 atom stereocenters. The van der Waals surface area contributed by atoms with Crippen LogP contribution in [0.15, 0.2) is 17.0 Å². The second-order valence-corrected chi connectivity index (χ2v) is 4.80. The summed E-state index contributed by atoms with van der Waals surface area (Å²) >= 11 is 0.831. The van der Waals surface area contributed by atoms with Crippen LogP contribution in [0.1, 0.15) is 5.69 Å². The first-order chi connectivity index (χ1) is 7.08. The van der Waals surface area contributed by atoms with Crippen LogP contribution >= 0.6 is 34.4 Å². The fourth-order valence-electron chi connectivity index (χ4n) is 0.811. The molecule has 0 aromatic carbocycles. The van der Waals surface area contributed by atoms with Crippen molar-refractivity contribution in [2.45, 2.75) is 16.6 Å². The standard InChI is InChI=1S/C7H2F6INS/c8-6(9,10)4-1-3(2-5(14)15-4)16-7(11,12)13/h1-2H. The monoisotopic (exact) mass is 373 g/mol. The van der Waals surface area contributed by atoms with Crippen LogP contribution in [-0.4, -0.2) is 10.5 Å². The van der Waals surface area contributed by atoms with E-state index in [9.17, 15) is 26.3 Å². The first-order valence-electron chi connectivity index (χ1n) is 3.58. The molecule has 90 valence electrons. The lowest BCUT2D eigenvalue weighted by atomic mass is 10.3. The van der Waals surface area contributed by atoms with Crippen molar-refractivity contribution in [1.29, 1.82) is 0 Å². The Hall–Kier alpha value is -0.190. The predicted octanol–water partition coefficient (Wildman–Crippen LogP) is 4.32. The highest BCUT2D eigenvalue weighted by molar-refractivity contribution is 14.1. The van der Waals surface area contributed by atoms with E-state index in [4.69, 9.17) is 0 Å². The van der Waals surface area contributed by atoms with Crippen LogP contribution in [0.3, 0.4) is 0 Å². The van der Waals surface area contributed by atoms with E-state index in [1.807, 2.05) is 0 Å². The van der Waals surface area contributed by atoms with E-state index in [0.717, 1.165) is 6.07 Å². The minimum Gasteiger partial charge on any atom is -0.237 e. The van der Waals surface area contributed by atoms with Crippen molar-refractivity contribution in [1.82, 2.24) is 4.98 Å². The van der Waals surface area contributed by atoms with Gasteiger partial charge >= 0.3 is 11.7 Å². The van der Waals surface area contributed by atoms with Crippen molar-refractivity contribution in [3.63, 3.8) is 0 Å². The molecule has 0 saturated carbocycles. The highest BCUT2D eigenvalue weighted by atomic mass is 127. The van der Waals surface area contributed by atoms with Crippen molar-refractivity contribution in [2.24, 2.45) is 0 Å². The van der Waals surface area contributed by atoms with Crippen LogP contribution in [0.2, 0.25) is 0 Å². The van der Waals surface area contributed by atoms with E-state index in [2.05, 4.69) is 4.98 Å². The highest BCUT2D eigenvalue weighted by Crippen LogP contribution is 2.39. The van der Waals surface area contributed by atoms with Crippen molar-refractivity contribution in [3.8, 4) is 0 Å². The van der Waals surface area contributed by atoms with Crippen molar-refractivity contribution >= 4 is 34.4 Å². The number of nitrogens with zero attached hydrogens (tertiary/aromatic N) is 1. The molecule has 1 heterocycles. The molecule has 0 unspecified atom stereocenters. The number of alkyl halides is 6. The van der Waals surface area contributed by atoms with E-state index >= 15 is 0 Å². The van der Waals surface area contributed by atoms with Gasteiger partial charge in [-0.2, -0.15) is 26.3 Å². The second kappa shape index (κ2) is 4.59. The molecule has 1 aromatic rings. The summed E-state index contributed by atoms with van der Waals surface area (Å²) in [5.41, 5.74) is -5.95. The molecule has 1 rings (SSSR count). The number of pyridine rings is 1. The summed E-state index contributed by atoms with van der Waals surface area (Å²) in [5.74, 6) is 0. The fraction of sp³-hybridized carbons (Fsp3) is 0.286. The van der Waals surface area contributed by atoms with Crippen molar-refractivity contribution < 1.29 is 26.3 Å². The smallest absolute Gasteiger partial charge is 0.237 e. The van der Waals surface area contributed by atoms with Gasteiger partial charge in [-0.3, -0.25) is 0 Å². The molecule has 1 nitrogen and oxygen atoms in total. The SMILES string of the molecule is FC(F)(F)Sc1cc(I)nc(C(F)(F)F)c1. The van der Waals surface area contributed by atoms with Gasteiger partial charge in [0, 0.05) is 4.90 Å². The van der Waals surface area contributed by atoms with E-state index in [1.54, 1.807) is 0 Å². The summed E-state index contributed by atoms with van der Waals surface area (Å²) in [6, 6.07) is 1.31. The Morgan fingerprint density at radius 2 is 1.62 bits per heavy atom. The molecule has 0 aliphatic rings. The van der Waals surface area contributed by atoms with Crippen LogP contribution in [0.4, 0.5) is 26.3 Å². The van der Waals surface area contributed by atoms with Gasteiger partial charge in [0.05, 0.1) is 0 Å². The molecule has 0 bridgehead atoms. The number of hydrogen-bond donors (Lipinski definition) is 0. The number of hydrogen-bond acceptors (Lipinski definition) is 2. The maximum absolute atomic E-state index is 12.2. The lowest BCUT2D eigenvalue weighted by Gasteiger charge is -2.10. The van der Waals surface area contributed by atoms with Gasteiger partial charge in [-0.05, 0) is 46.5 Å². The largest absolute Gasteiger partial charge is 0.446 e. The second-order valence-electron chi connectivity index (χ2n) is 2.56. The van der Waals surface area contributed by atoms with Crippen LogP contribution in [-0.2, 0) is 6.18 Å². The molecule has 0 aliphatic carbocycles. The van der Waals surface area contributed by atoms with E-state index in [1.165, 1.54) is 22.6 Å². The fourth-order valence-corrected chi connectivity index (χ4v) is 2.23. The average Bonchev–Trinajstić information content (AvgIpc) is 1.97. The normalized spacial score (nSPS) is 12.9. The van der Waals surface area contributed by atoms with Gasteiger partial charge in [0.1, 0.15) is 9.39 Å². The maximum Gasteiger partial charge on any atom is 0.446 e. The van der Waals surface area contributed by atoms with Gasteiger partial charge < -0.3 is 0 Å². The lowest BCUT2D eigenvalue weighted by molar-refractivity contribution is -0.141. The minimum absolute atomic E-state index is 0.140. The maximum atomic E-state index is 12.2. The highest BCUT2D eigenvalue weighted by Gasteiger charge is 2.35. The Morgan fingerprint density at radius 1 is 1.06 bits per heavy atom. The van der Waals surface area contributed by atoms with Crippen LogP contribution < -0.4 is 0 Å². The molecular weight excluding hydrogens is 371 g/mol. The third-order valence-electron chi connectivity index (χ3n) is 1.29. The summed E-state index contributed by atoms with van der Waals surface area (Å²) < 4.78 is 72.4. The molecule has 0 spiro atoms. The van der Waals surface area contributed by atoms with Gasteiger partial charge in [0.2, 0.25) is 0 Å². The average molecular weight is 373 g/mol. The number of rotatable bonds is 1. The Morgan fingerprint density at radius 3 is 2.06 bits per heavy atom. The first kappa shape index (κ1) is 13.9. The number of aromatic nitrogens is 1. The third kappa shape index (κ3) is 4.36. The summed E-state index contributed by atoms with van der Waals surface area (Å²) in [5, 5.41) is 0. The van der Waals surface area contributed by atoms with Crippen LogP contribution in [0.5, 0.6) is 0 Å². The molecule has 1 aromatic heterocycles. The van der Waals surface area contributed by atoms with Gasteiger partial charge in [-0.1, -0.05) is 0 Å². The molecule has 16 heavy (non-hydrogen) atoms. The van der Waals surface area contributed by atoms with Gasteiger partial charge in [-0.15, -0.1) is 0 Å². The predicted molar refractivity (Wildman–Crippen MR) is 53.9 cm³/mol. The summed E-state index contributed by atoms with van der Waals surface area (Å²) in [4.78, 5) is 2.59. The molecule has 0 N–H and O–H groups in total. The molecule has 0 fully saturated rings. The summed E-state index contributed by atoms with van der Waals surface area (Å²) in [6.45, 7) is 0. The summed E-state index contributed by atoms with van der Waals surface area (Å²) in [7, 11) is 0. The molecule has 0 radical (unpaired) electrons. The zero-order valence-corrected chi connectivity index (χ0v) is 10.1. The molecule has 0 aliphatic heterocycles. The molecular formula is C7H2F6INS. The topological polar surface area (TPSA) is 12.9 Å². The number of thioether (sulfide) groups is 1. The lowest BCUT2D eigenvalue weighted by Crippen LogP contribution is -2.09. The third-order valence-corrected chi connectivity index (χ3v) is 2.55. The van der Waals surface area contributed by atoms with Gasteiger partial charge in [0.15, 0.2) is 0 Å². The van der Waals surface area contributed by atoms with Crippen LogP contribution in [0.25, 0.3) is 0 Å².